The Morgan fingerprint density at radius 2 is 1.52 bits per heavy atom. The van der Waals surface area contributed by atoms with Gasteiger partial charge in [0.15, 0.2) is 0 Å². The summed E-state index contributed by atoms with van der Waals surface area (Å²) in [4.78, 5) is 10.6. The Hall–Kier alpha value is -2.20. The molecule has 0 aliphatic rings. The van der Waals surface area contributed by atoms with Gasteiger partial charge >= 0.3 is 0 Å². The quantitative estimate of drug-likeness (QED) is 0.331. The van der Waals surface area contributed by atoms with Gasteiger partial charge in [0, 0.05) is 6.42 Å². The maximum Gasteiger partial charge on any atom is 0.221 e. The van der Waals surface area contributed by atoms with E-state index in [1.54, 1.807) is 0 Å². The molecule has 0 fully saturated rings. The molecule has 23 heavy (non-hydrogen) atoms. The molecule has 0 radical (unpaired) electrons. The Morgan fingerprint density at radius 1 is 0.870 bits per heavy atom. The van der Waals surface area contributed by atoms with Crippen LogP contribution in [0.1, 0.15) is 25.7 Å². The highest BCUT2D eigenvalue weighted by Gasteiger charge is 1.98. The molecule has 0 aromatic heterocycles. The number of carbonyl (C=O) groups is 1. The number of hydrogen-bond acceptors (Lipinski definition) is 4. The third-order valence-electron chi connectivity index (χ3n) is 3.16. The van der Waals surface area contributed by atoms with Crippen LogP contribution in [0.2, 0.25) is 0 Å². The average Bonchev–Trinajstić information content (AvgIpc) is 2.58. The molecule has 0 aliphatic carbocycles. The Labute approximate surface area is 141 Å². The summed E-state index contributed by atoms with van der Waals surface area (Å²) in [5, 5.41) is 8.07. The van der Waals surface area contributed by atoms with E-state index in [1.165, 1.54) is 0 Å². The smallest absolute Gasteiger partial charge is 0.221 e. The molecule has 0 bridgehead atoms. The minimum absolute atomic E-state index is 0.272. The topological polar surface area (TPSA) is 51.0 Å². The van der Waals surface area contributed by atoms with E-state index in [-0.39, 0.29) is 5.24 Å². The zero-order valence-corrected chi connectivity index (χ0v) is 13.6. The van der Waals surface area contributed by atoms with Crippen LogP contribution in [0.25, 0.3) is 0 Å². The van der Waals surface area contributed by atoms with Crippen LogP contribution < -0.4 is 4.74 Å². The largest absolute Gasteiger partial charge is 0.494 e. The molecule has 0 unspecified atom stereocenters. The van der Waals surface area contributed by atoms with Crippen molar-refractivity contribution in [2.24, 2.45) is 10.2 Å². The second kappa shape index (κ2) is 9.74. The van der Waals surface area contributed by atoms with Crippen LogP contribution in [-0.2, 0) is 4.79 Å². The van der Waals surface area contributed by atoms with Gasteiger partial charge in [-0.3, -0.25) is 4.79 Å². The van der Waals surface area contributed by atoms with E-state index in [4.69, 9.17) is 16.3 Å². The molecule has 0 amide bonds. The Kier molecular flexibility index (Phi) is 7.27. The SMILES string of the molecule is O=C(Cl)CCCCCOc1ccc(N=Nc2ccccc2)cc1. The lowest BCUT2D eigenvalue weighted by atomic mass is 10.2. The number of rotatable bonds is 9. The molecular weight excluding hydrogens is 312 g/mol. The van der Waals surface area contributed by atoms with E-state index in [0.29, 0.717) is 13.0 Å². The first-order valence-corrected chi connectivity index (χ1v) is 8.00. The molecule has 0 N–H and O–H groups in total. The molecule has 0 atom stereocenters. The van der Waals surface area contributed by atoms with Crippen molar-refractivity contribution in [2.45, 2.75) is 25.7 Å². The molecule has 0 aliphatic heterocycles. The van der Waals surface area contributed by atoms with Crippen molar-refractivity contribution in [2.75, 3.05) is 6.61 Å². The third kappa shape index (κ3) is 7.06. The molecule has 0 saturated carbocycles. The Bertz CT molecular complexity index is 627. The van der Waals surface area contributed by atoms with Crippen LogP contribution in [0.4, 0.5) is 11.4 Å². The van der Waals surface area contributed by atoms with E-state index in [1.807, 2.05) is 54.6 Å². The molecule has 2 aromatic carbocycles. The standard InChI is InChI=1S/C18H19ClN2O2/c19-18(22)9-5-2-6-14-23-17-12-10-16(11-13-17)21-20-15-7-3-1-4-8-15/h1,3-4,7-8,10-13H,2,5-6,9,14H2. The number of hydrogen-bond donors (Lipinski definition) is 0. The molecular formula is C18H19ClN2O2. The Balaban J connectivity index is 1.72. The van der Waals surface area contributed by atoms with Gasteiger partial charge in [0.1, 0.15) is 5.75 Å². The number of unbranched alkanes of at least 4 members (excludes halogenated alkanes) is 2. The second-order valence-corrected chi connectivity index (χ2v) is 5.47. The van der Waals surface area contributed by atoms with Gasteiger partial charge in [-0.05, 0) is 67.3 Å². The van der Waals surface area contributed by atoms with Crippen LogP contribution in [0, 0.1) is 0 Å². The van der Waals surface area contributed by atoms with Gasteiger partial charge < -0.3 is 4.74 Å². The first-order valence-electron chi connectivity index (χ1n) is 7.62. The zero-order valence-electron chi connectivity index (χ0n) is 12.8. The van der Waals surface area contributed by atoms with Crippen LogP contribution >= 0.6 is 11.6 Å². The van der Waals surface area contributed by atoms with E-state index in [9.17, 15) is 4.79 Å². The second-order valence-electron chi connectivity index (χ2n) is 5.04. The zero-order chi connectivity index (χ0) is 16.3. The lowest BCUT2D eigenvalue weighted by Gasteiger charge is -2.05. The summed E-state index contributed by atoms with van der Waals surface area (Å²) in [6.45, 7) is 0.626. The number of nitrogens with zero attached hydrogens (tertiary/aromatic N) is 2. The lowest BCUT2D eigenvalue weighted by molar-refractivity contribution is -0.111. The van der Waals surface area contributed by atoms with Gasteiger partial charge in [0.25, 0.3) is 0 Å². The van der Waals surface area contributed by atoms with E-state index in [0.717, 1.165) is 36.4 Å². The molecule has 0 heterocycles. The van der Waals surface area contributed by atoms with E-state index in [2.05, 4.69) is 10.2 Å². The maximum absolute atomic E-state index is 10.6. The van der Waals surface area contributed by atoms with Crippen LogP contribution in [0.15, 0.2) is 64.8 Å². The highest BCUT2D eigenvalue weighted by Crippen LogP contribution is 2.21. The summed E-state index contributed by atoms with van der Waals surface area (Å²) in [6, 6.07) is 17.1. The number of azo groups is 1. The average molecular weight is 331 g/mol. The van der Waals surface area contributed by atoms with Gasteiger partial charge in [-0.2, -0.15) is 10.2 Å². The molecule has 0 spiro atoms. The molecule has 2 rings (SSSR count). The number of halogens is 1. The highest BCUT2D eigenvalue weighted by atomic mass is 35.5. The first-order chi connectivity index (χ1) is 11.2. The van der Waals surface area contributed by atoms with Gasteiger partial charge in [0.2, 0.25) is 5.24 Å². The van der Waals surface area contributed by atoms with E-state index < -0.39 is 0 Å². The van der Waals surface area contributed by atoms with Crippen molar-refractivity contribution >= 4 is 28.2 Å². The number of benzene rings is 2. The fourth-order valence-corrected chi connectivity index (χ4v) is 2.09. The summed E-state index contributed by atoms with van der Waals surface area (Å²) in [5.74, 6) is 0.803. The van der Waals surface area contributed by atoms with Gasteiger partial charge in [-0.25, -0.2) is 0 Å². The van der Waals surface area contributed by atoms with E-state index >= 15 is 0 Å². The minimum Gasteiger partial charge on any atom is -0.494 e. The monoisotopic (exact) mass is 330 g/mol. The van der Waals surface area contributed by atoms with Gasteiger partial charge in [0.05, 0.1) is 18.0 Å². The highest BCUT2D eigenvalue weighted by molar-refractivity contribution is 6.63. The fourth-order valence-electron chi connectivity index (χ4n) is 1.95. The van der Waals surface area contributed by atoms with Crippen molar-refractivity contribution in [3.8, 4) is 5.75 Å². The fraction of sp³-hybridized carbons (Fsp3) is 0.278. The van der Waals surface area contributed by atoms with Crippen molar-refractivity contribution in [1.82, 2.24) is 0 Å². The predicted octanol–water partition coefficient (Wildman–Crippen LogP) is 5.81. The molecule has 5 heteroatoms. The van der Waals surface area contributed by atoms with Crippen molar-refractivity contribution in [3.05, 3.63) is 54.6 Å². The van der Waals surface area contributed by atoms with Crippen LogP contribution in [0.3, 0.4) is 0 Å². The molecule has 2 aromatic rings. The molecule has 4 nitrogen and oxygen atoms in total. The summed E-state index contributed by atoms with van der Waals surface area (Å²) in [6.07, 6.45) is 3.08. The summed E-state index contributed by atoms with van der Waals surface area (Å²) in [7, 11) is 0. The van der Waals surface area contributed by atoms with Crippen LogP contribution in [0.5, 0.6) is 5.75 Å². The van der Waals surface area contributed by atoms with Crippen LogP contribution in [-0.4, -0.2) is 11.8 Å². The Morgan fingerprint density at radius 3 is 2.17 bits per heavy atom. The van der Waals surface area contributed by atoms with Gasteiger partial charge in [-0.15, -0.1) is 0 Å². The normalized spacial score (nSPS) is 10.8. The third-order valence-corrected chi connectivity index (χ3v) is 3.35. The van der Waals surface area contributed by atoms with Gasteiger partial charge in [-0.1, -0.05) is 18.2 Å². The number of carbonyl (C=O) groups excluding carboxylic acids is 1. The number of ether oxygens (including phenoxy) is 1. The van der Waals surface area contributed by atoms with Crippen molar-refractivity contribution in [1.29, 1.82) is 0 Å². The van der Waals surface area contributed by atoms with Crippen molar-refractivity contribution < 1.29 is 9.53 Å². The molecule has 120 valence electrons. The summed E-state index contributed by atoms with van der Waals surface area (Å²) < 4.78 is 5.64. The lowest BCUT2D eigenvalue weighted by Crippen LogP contribution is -1.97. The summed E-state index contributed by atoms with van der Waals surface area (Å²) >= 11 is 5.28. The minimum atomic E-state index is -0.272. The molecule has 0 saturated heterocycles. The first kappa shape index (κ1) is 17.2. The predicted molar refractivity (Wildman–Crippen MR) is 91.9 cm³/mol. The van der Waals surface area contributed by atoms with Crippen molar-refractivity contribution in [3.63, 3.8) is 0 Å². The maximum atomic E-state index is 10.6. The summed E-state index contributed by atoms with van der Waals surface area (Å²) in [5.41, 5.74) is 1.60.